The van der Waals surface area contributed by atoms with Crippen molar-refractivity contribution in [3.8, 4) is 0 Å². The minimum Gasteiger partial charge on any atom is -0.468 e. The van der Waals surface area contributed by atoms with E-state index in [2.05, 4.69) is 5.48 Å². The second-order valence-corrected chi connectivity index (χ2v) is 8.07. The van der Waals surface area contributed by atoms with Gasteiger partial charge < -0.3 is 14.3 Å². The Morgan fingerprint density at radius 2 is 1.93 bits per heavy atom. The number of carbonyl (C=O) groups is 3. The van der Waals surface area contributed by atoms with Gasteiger partial charge in [-0.1, -0.05) is 20.3 Å². The van der Waals surface area contributed by atoms with Gasteiger partial charge in [0.15, 0.2) is 5.78 Å². The normalized spacial score (nSPS) is 28.8. The van der Waals surface area contributed by atoms with E-state index < -0.39 is 23.8 Å². The van der Waals surface area contributed by atoms with Crippen LogP contribution in [0.2, 0.25) is 0 Å². The van der Waals surface area contributed by atoms with Crippen LogP contribution in [0.4, 0.5) is 0 Å². The molecule has 7 heteroatoms. The van der Waals surface area contributed by atoms with Crippen LogP contribution in [-0.2, 0) is 28.7 Å². The molecule has 5 atom stereocenters. The van der Waals surface area contributed by atoms with Crippen molar-refractivity contribution in [2.45, 2.75) is 58.9 Å². The monoisotopic (exact) mass is 397 g/mol. The van der Waals surface area contributed by atoms with E-state index in [-0.39, 0.29) is 29.8 Å². The van der Waals surface area contributed by atoms with E-state index in [0.29, 0.717) is 32.2 Å². The third-order valence-corrected chi connectivity index (χ3v) is 6.31. The number of hydrogen-bond donors (Lipinski definition) is 1. The summed E-state index contributed by atoms with van der Waals surface area (Å²) in [6.07, 6.45) is 3.50. The van der Waals surface area contributed by atoms with E-state index in [9.17, 15) is 14.4 Å². The largest absolute Gasteiger partial charge is 0.468 e. The van der Waals surface area contributed by atoms with Gasteiger partial charge in [-0.15, -0.1) is 0 Å². The van der Waals surface area contributed by atoms with Crippen LogP contribution in [0.15, 0.2) is 0 Å². The molecule has 28 heavy (non-hydrogen) atoms. The summed E-state index contributed by atoms with van der Waals surface area (Å²) in [6.45, 7) is 7.65. The van der Waals surface area contributed by atoms with Crippen molar-refractivity contribution in [3.63, 3.8) is 0 Å². The first-order valence-electron chi connectivity index (χ1n) is 10.5. The summed E-state index contributed by atoms with van der Waals surface area (Å²) >= 11 is 0. The summed E-state index contributed by atoms with van der Waals surface area (Å²) in [6, 6.07) is -0.443. The van der Waals surface area contributed by atoms with Gasteiger partial charge in [0.2, 0.25) is 0 Å². The first kappa shape index (κ1) is 23.0. The number of ketones is 2. The van der Waals surface area contributed by atoms with Crippen molar-refractivity contribution in [2.24, 2.45) is 29.6 Å². The van der Waals surface area contributed by atoms with Gasteiger partial charge in [-0.2, -0.15) is 5.48 Å². The van der Waals surface area contributed by atoms with Gasteiger partial charge in [0.25, 0.3) is 0 Å². The molecule has 1 aliphatic carbocycles. The lowest BCUT2D eigenvalue weighted by Gasteiger charge is -2.39. The minimum atomic E-state index is -0.884. The molecule has 0 aromatic carbocycles. The fourth-order valence-corrected chi connectivity index (χ4v) is 4.48. The maximum atomic E-state index is 13.4. The van der Waals surface area contributed by atoms with E-state index in [1.54, 1.807) is 0 Å². The Balaban J connectivity index is 2.24. The minimum absolute atomic E-state index is 0.0507. The highest BCUT2D eigenvalue weighted by molar-refractivity contribution is 6.13. The molecule has 2 rings (SSSR count). The number of Topliss-reactive ketones (excluding diaryl/α,β-unsaturated/α-hetero) is 2. The van der Waals surface area contributed by atoms with E-state index in [4.69, 9.17) is 14.3 Å². The number of ether oxygens (including phenoxy) is 2. The van der Waals surface area contributed by atoms with E-state index in [1.165, 1.54) is 7.11 Å². The van der Waals surface area contributed by atoms with Gasteiger partial charge in [0, 0.05) is 19.6 Å². The molecular formula is C21H35NO6. The fourth-order valence-electron chi connectivity index (χ4n) is 4.48. The van der Waals surface area contributed by atoms with Gasteiger partial charge >= 0.3 is 5.97 Å². The highest BCUT2D eigenvalue weighted by Crippen LogP contribution is 2.38. The summed E-state index contributed by atoms with van der Waals surface area (Å²) in [7, 11) is 1.30. The van der Waals surface area contributed by atoms with Gasteiger partial charge in [-0.05, 0) is 43.9 Å². The summed E-state index contributed by atoms with van der Waals surface area (Å²) in [5, 5.41) is 0. The lowest BCUT2D eigenvalue weighted by Crippen LogP contribution is -2.55. The van der Waals surface area contributed by atoms with Crippen LogP contribution in [0, 0.1) is 29.6 Å². The molecule has 0 aromatic rings. The number of hydrogen-bond acceptors (Lipinski definition) is 7. The predicted octanol–water partition coefficient (Wildman–Crippen LogP) is 2.32. The van der Waals surface area contributed by atoms with Crippen molar-refractivity contribution in [1.29, 1.82) is 0 Å². The van der Waals surface area contributed by atoms with Gasteiger partial charge in [-0.3, -0.25) is 14.4 Å². The maximum Gasteiger partial charge on any atom is 0.316 e. The maximum absolute atomic E-state index is 13.4. The average molecular weight is 398 g/mol. The number of esters is 1. The zero-order valence-electron chi connectivity index (χ0n) is 17.6. The summed E-state index contributed by atoms with van der Waals surface area (Å²) < 4.78 is 10.4. The van der Waals surface area contributed by atoms with Gasteiger partial charge in [-0.25, -0.2) is 0 Å². The Morgan fingerprint density at radius 1 is 1.25 bits per heavy atom. The molecule has 5 unspecified atom stereocenters. The number of carbonyl (C=O) groups excluding carboxylic acids is 3. The number of rotatable bonds is 9. The molecule has 0 aromatic heterocycles. The van der Waals surface area contributed by atoms with Crippen LogP contribution in [0.5, 0.6) is 0 Å². The summed E-state index contributed by atoms with van der Waals surface area (Å²) in [4.78, 5) is 44.3. The number of nitrogens with one attached hydrogen (secondary N) is 1. The highest BCUT2D eigenvalue weighted by Gasteiger charge is 2.51. The zero-order valence-corrected chi connectivity index (χ0v) is 17.6. The standard InChI is InChI=1S/C21H35NO6/c1-5-13(3)19(22-28-6-2)18-16(23)12-15(11-14-7-9-27-10-8-14)17(20(18)24)21(25)26-4/h13-15,17-19,22H,5-12H2,1-4H3. The molecule has 160 valence electrons. The number of methoxy groups -OCH3 is 1. The molecule has 2 aliphatic rings. The third kappa shape index (κ3) is 5.39. The van der Waals surface area contributed by atoms with E-state index in [0.717, 1.165) is 19.3 Å². The molecule has 1 N–H and O–H groups in total. The molecule has 1 saturated carbocycles. The van der Waals surface area contributed by atoms with Crippen molar-refractivity contribution in [3.05, 3.63) is 0 Å². The first-order valence-corrected chi connectivity index (χ1v) is 10.5. The van der Waals surface area contributed by atoms with Crippen LogP contribution in [0.3, 0.4) is 0 Å². The van der Waals surface area contributed by atoms with E-state index >= 15 is 0 Å². The molecule has 1 aliphatic heterocycles. The Hall–Kier alpha value is -1.31. The first-order chi connectivity index (χ1) is 13.4. The lowest BCUT2D eigenvalue weighted by molar-refractivity contribution is -0.160. The molecule has 2 fully saturated rings. The third-order valence-electron chi connectivity index (χ3n) is 6.31. The summed E-state index contributed by atoms with van der Waals surface area (Å²) in [5.41, 5.74) is 2.91. The second-order valence-electron chi connectivity index (χ2n) is 8.07. The molecule has 0 spiro atoms. The predicted molar refractivity (Wildman–Crippen MR) is 103 cm³/mol. The average Bonchev–Trinajstić information content (AvgIpc) is 2.70. The highest BCUT2D eigenvalue weighted by atomic mass is 16.6. The zero-order chi connectivity index (χ0) is 20.7. The SMILES string of the molecule is CCONC(C(C)CC)C1C(=O)CC(CC2CCOCC2)C(C(=O)OC)C1=O. The molecule has 7 nitrogen and oxygen atoms in total. The van der Waals surface area contributed by atoms with Gasteiger partial charge in [0.1, 0.15) is 11.7 Å². The Morgan fingerprint density at radius 3 is 2.50 bits per heavy atom. The molecule has 1 heterocycles. The Kier molecular flexibility index (Phi) is 9.05. The Bertz CT molecular complexity index is 545. The molecule has 0 amide bonds. The van der Waals surface area contributed by atoms with Crippen LogP contribution in [0.25, 0.3) is 0 Å². The van der Waals surface area contributed by atoms with Crippen LogP contribution in [0.1, 0.15) is 52.9 Å². The fraction of sp³-hybridized carbons (Fsp3) is 0.857. The van der Waals surface area contributed by atoms with Crippen LogP contribution >= 0.6 is 0 Å². The van der Waals surface area contributed by atoms with Gasteiger partial charge in [0.05, 0.1) is 25.7 Å². The second kappa shape index (κ2) is 11.0. The van der Waals surface area contributed by atoms with Crippen molar-refractivity contribution >= 4 is 17.5 Å². The molecule has 0 radical (unpaired) electrons. The molecule has 1 saturated heterocycles. The van der Waals surface area contributed by atoms with Crippen molar-refractivity contribution in [1.82, 2.24) is 5.48 Å². The van der Waals surface area contributed by atoms with Crippen LogP contribution in [-0.4, -0.2) is 50.5 Å². The Labute approximate surface area is 167 Å². The van der Waals surface area contributed by atoms with E-state index in [1.807, 2.05) is 20.8 Å². The van der Waals surface area contributed by atoms with Crippen molar-refractivity contribution in [2.75, 3.05) is 26.9 Å². The molecular weight excluding hydrogens is 362 g/mol. The smallest absolute Gasteiger partial charge is 0.316 e. The lowest BCUT2D eigenvalue weighted by atomic mass is 9.65. The summed E-state index contributed by atoms with van der Waals surface area (Å²) in [5.74, 6) is -2.58. The molecule has 0 bridgehead atoms. The van der Waals surface area contributed by atoms with Crippen LogP contribution < -0.4 is 5.48 Å². The quantitative estimate of drug-likeness (QED) is 0.363. The topological polar surface area (TPSA) is 90.9 Å². The van der Waals surface area contributed by atoms with Crippen molar-refractivity contribution < 1.29 is 28.7 Å². The number of hydroxylamine groups is 1.